The number of para-hydroxylation sites is 1. The summed E-state index contributed by atoms with van der Waals surface area (Å²) < 4.78 is 5.46. The van der Waals surface area contributed by atoms with E-state index >= 15 is 0 Å². The third-order valence-electron chi connectivity index (χ3n) is 5.45. The minimum Gasteiger partial charge on any atom is -0.496 e. The number of benzene rings is 3. The van der Waals surface area contributed by atoms with Gasteiger partial charge in [0, 0.05) is 40.9 Å². The van der Waals surface area contributed by atoms with Crippen molar-refractivity contribution < 1.29 is 9.53 Å². The first-order valence-electron chi connectivity index (χ1n) is 10.0. The van der Waals surface area contributed by atoms with Crippen molar-refractivity contribution in [1.29, 1.82) is 0 Å². The topological polar surface area (TPSA) is 81.6 Å². The first-order chi connectivity index (χ1) is 15.0. The van der Waals surface area contributed by atoms with Crippen LogP contribution in [-0.4, -0.2) is 19.6 Å². The van der Waals surface area contributed by atoms with Gasteiger partial charge in [-0.1, -0.05) is 48.7 Å². The van der Waals surface area contributed by atoms with Crippen molar-refractivity contribution in [2.45, 2.75) is 22.1 Å². The van der Waals surface area contributed by atoms with Crippen LogP contribution in [0.15, 0.2) is 83.1 Å². The highest BCUT2D eigenvalue weighted by Crippen LogP contribution is 2.40. The molecule has 5 nitrogen and oxygen atoms in total. The van der Waals surface area contributed by atoms with Crippen LogP contribution >= 0.6 is 11.8 Å². The summed E-state index contributed by atoms with van der Waals surface area (Å²) in [4.78, 5) is 16.6. The number of ether oxygens (including phenoxy) is 1. The largest absolute Gasteiger partial charge is 0.496 e. The van der Waals surface area contributed by atoms with Crippen molar-refractivity contribution in [2.24, 2.45) is 5.73 Å². The number of methoxy groups -OCH3 is 1. The molecule has 0 radical (unpaired) electrons. The molecule has 0 aromatic heterocycles. The fourth-order valence-electron chi connectivity index (χ4n) is 3.77. The molecule has 4 rings (SSSR count). The molecular weight excluding hydrogens is 406 g/mol. The SMILES string of the molecule is C=C(N)c1cccc(N2C[C@@H](c3ccc(N)c(Sc4ccccc4OC)c3)CC2=O)c1. The van der Waals surface area contributed by atoms with Gasteiger partial charge in [-0.3, -0.25) is 4.79 Å². The number of hydrogen-bond acceptors (Lipinski definition) is 5. The van der Waals surface area contributed by atoms with E-state index in [1.54, 1.807) is 18.9 Å². The smallest absolute Gasteiger partial charge is 0.227 e. The van der Waals surface area contributed by atoms with Crippen molar-refractivity contribution in [1.82, 2.24) is 0 Å². The first-order valence-corrected chi connectivity index (χ1v) is 10.8. The second-order valence-corrected chi connectivity index (χ2v) is 8.61. The fraction of sp³-hybridized carbons (Fsp3) is 0.160. The Bertz CT molecular complexity index is 1150. The van der Waals surface area contributed by atoms with Gasteiger partial charge in [0.25, 0.3) is 0 Å². The van der Waals surface area contributed by atoms with E-state index in [1.807, 2.05) is 65.6 Å². The maximum atomic E-state index is 12.8. The van der Waals surface area contributed by atoms with E-state index in [2.05, 4.69) is 12.6 Å². The van der Waals surface area contributed by atoms with Crippen LogP contribution in [-0.2, 0) is 4.79 Å². The molecule has 1 heterocycles. The van der Waals surface area contributed by atoms with E-state index in [0.717, 1.165) is 32.4 Å². The second-order valence-electron chi connectivity index (χ2n) is 7.53. The Morgan fingerprint density at radius 1 is 1.10 bits per heavy atom. The van der Waals surface area contributed by atoms with Gasteiger partial charge in [-0.05, 0) is 47.5 Å². The average molecular weight is 432 g/mol. The van der Waals surface area contributed by atoms with Crippen LogP contribution in [0.4, 0.5) is 11.4 Å². The Balaban J connectivity index is 1.58. The van der Waals surface area contributed by atoms with Crippen LogP contribution in [0.3, 0.4) is 0 Å². The van der Waals surface area contributed by atoms with Gasteiger partial charge in [0.05, 0.1) is 12.0 Å². The summed E-state index contributed by atoms with van der Waals surface area (Å²) >= 11 is 1.57. The fourth-order valence-corrected chi connectivity index (χ4v) is 4.79. The van der Waals surface area contributed by atoms with Crippen molar-refractivity contribution in [3.63, 3.8) is 0 Å². The van der Waals surface area contributed by atoms with Crippen molar-refractivity contribution >= 4 is 34.7 Å². The summed E-state index contributed by atoms with van der Waals surface area (Å²) in [6, 6.07) is 21.5. The maximum absolute atomic E-state index is 12.8. The summed E-state index contributed by atoms with van der Waals surface area (Å²) in [5.41, 5.74) is 16.1. The first kappa shape index (κ1) is 20.9. The monoisotopic (exact) mass is 431 g/mol. The van der Waals surface area contributed by atoms with E-state index < -0.39 is 0 Å². The lowest BCUT2D eigenvalue weighted by Crippen LogP contribution is -2.24. The van der Waals surface area contributed by atoms with Gasteiger partial charge in [0.15, 0.2) is 0 Å². The number of anilines is 2. The van der Waals surface area contributed by atoms with Crippen LogP contribution in [0.5, 0.6) is 5.75 Å². The Morgan fingerprint density at radius 2 is 1.90 bits per heavy atom. The number of rotatable bonds is 6. The minimum absolute atomic E-state index is 0.0925. The Kier molecular flexibility index (Phi) is 5.91. The zero-order chi connectivity index (χ0) is 22.0. The molecule has 3 aromatic rings. The maximum Gasteiger partial charge on any atom is 0.227 e. The normalized spacial score (nSPS) is 15.8. The van der Waals surface area contributed by atoms with Crippen molar-refractivity contribution in [2.75, 3.05) is 24.3 Å². The molecule has 4 N–H and O–H groups in total. The third kappa shape index (κ3) is 4.39. The minimum atomic E-state index is 0.0925. The summed E-state index contributed by atoms with van der Waals surface area (Å²) in [5, 5.41) is 0. The van der Waals surface area contributed by atoms with Gasteiger partial charge in [-0.2, -0.15) is 0 Å². The Morgan fingerprint density at radius 3 is 2.68 bits per heavy atom. The lowest BCUT2D eigenvalue weighted by molar-refractivity contribution is -0.117. The van der Waals surface area contributed by atoms with Gasteiger partial charge < -0.3 is 21.1 Å². The lowest BCUT2D eigenvalue weighted by atomic mass is 9.98. The van der Waals surface area contributed by atoms with Crippen LogP contribution in [0.25, 0.3) is 5.70 Å². The number of hydrogen-bond donors (Lipinski definition) is 2. The number of nitrogens with two attached hydrogens (primary N) is 2. The highest BCUT2D eigenvalue weighted by atomic mass is 32.2. The number of carbonyl (C=O) groups is 1. The number of carbonyl (C=O) groups excluding carboxylic acids is 1. The summed E-state index contributed by atoms with van der Waals surface area (Å²) in [7, 11) is 1.66. The van der Waals surface area contributed by atoms with Gasteiger partial charge >= 0.3 is 0 Å². The summed E-state index contributed by atoms with van der Waals surface area (Å²) in [6.07, 6.45) is 0.455. The summed E-state index contributed by atoms with van der Waals surface area (Å²) in [5.74, 6) is 0.997. The predicted molar refractivity (Wildman–Crippen MR) is 127 cm³/mol. The molecule has 1 amide bonds. The predicted octanol–water partition coefficient (Wildman–Crippen LogP) is 4.88. The van der Waals surface area contributed by atoms with E-state index in [9.17, 15) is 4.79 Å². The molecular formula is C25H25N3O2S. The number of amides is 1. The molecule has 1 aliphatic heterocycles. The lowest BCUT2D eigenvalue weighted by Gasteiger charge is -2.18. The van der Waals surface area contributed by atoms with Crippen molar-refractivity contribution in [3.8, 4) is 5.75 Å². The zero-order valence-corrected chi connectivity index (χ0v) is 18.2. The van der Waals surface area contributed by atoms with E-state index in [1.165, 1.54) is 0 Å². The van der Waals surface area contributed by atoms with Crippen molar-refractivity contribution in [3.05, 3.63) is 84.4 Å². The third-order valence-corrected chi connectivity index (χ3v) is 6.58. The Hall–Kier alpha value is -3.38. The van der Waals surface area contributed by atoms with Gasteiger partial charge in [0.2, 0.25) is 5.91 Å². The van der Waals surface area contributed by atoms with Crippen LogP contribution < -0.4 is 21.1 Å². The zero-order valence-electron chi connectivity index (χ0n) is 17.4. The summed E-state index contributed by atoms with van der Waals surface area (Å²) in [6.45, 7) is 4.40. The highest BCUT2D eigenvalue weighted by molar-refractivity contribution is 7.99. The molecule has 1 fully saturated rings. The Labute approximate surface area is 186 Å². The molecule has 0 bridgehead atoms. The molecule has 3 aromatic carbocycles. The molecule has 0 saturated carbocycles. The molecule has 0 aliphatic carbocycles. The van der Waals surface area contributed by atoms with Crippen LogP contribution in [0, 0.1) is 0 Å². The number of nitrogen functional groups attached to an aromatic ring is 1. The molecule has 31 heavy (non-hydrogen) atoms. The van der Waals surface area contributed by atoms with E-state index in [-0.39, 0.29) is 11.8 Å². The van der Waals surface area contributed by atoms with Gasteiger partial charge in [0.1, 0.15) is 5.75 Å². The average Bonchev–Trinajstić information content (AvgIpc) is 3.17. The molecule has 1 aliphatic rings. The van der Waals surface area contributed by atoms with E-state index in [4.69, 9.17) is 16.2 Å². The molecule has 0 unspecified atom stereocenters. The van der Waals surface area contributed by atoms with Crippen LogP contribution in [0.2, 0.25) is 0 Å². The number of nitrogens with zero attached hydrogens (tertiary/aromatic N) is 1. The molecule has 158 valence electrons. The second kappa shape index (κ2) is 8.78. The molecule has 1 saturated heterocycles. The van der Waals surface area contributed by atoms with E-state index in [0.29, 0.717) is 24.4 Å². The standard InChI is InChI=1S/C25H25N3O2S/c1-16(26)17-6-5-7-20(12-17)28-15-19(14-25(28)29)18-10-11-21(27)24(13-18)31-23-9-4-3-8-22(23)30-2/h3-13,19H,1,14-15,26-27H2,2H3/t19-/m0/s1. The molecule has 0 spiro atoms. The molecule has 1 atom stereocenters. The molecule has 6 heteroatoms. The van der Waals surface area contributed by atoms with Gasteiger partial charge in [-0.15, -0.1) is 0 Å². The quantitative estimate of drug-likeness (QED) is 0.544. The van der Waals surface area contributed by atoms with Crippen LogP contribution in [0.1, 0.15) is 23.5 Å². The van der Waals surface area contributed by atoms with Gasteiger partial charge in [-0.25, -0.2) is 0 Å². The highest BCUT2D eigenvalue weighted by Gasteiger charge is 2.32.